The fourth-order valence-electron chi connectivity index (χ4n) is 1.49. The standard InChI is InChI=1S/C11H12N4O3/c1-7-4-5-15-8(6-7)13-14-11(15)12-9(16)2-3-10(17)18/h4-6H,2-3H2,1H3,(H,17,18)(H,12,14,16). The van der Waals surface area contributed by atoms with Crippen LogP contribution < -0.4 is 5.32 Å². The van der Waals surface area contributed by atoms with E-state index in [2.05, 4.69) is 15.5 Å². The quantitative estimate of drug-likeness (QED) is 0.835. The highest BCUT2D eigenvalue weighted by Crippen LogP contribution is 2.10. The van der Waals surface area contributed by atoms with Crippen molar-refractivity contribution in [1.82, 2.24) is 14.6 Å². The molecule has 0 aliphatic rings. The minimum Gasteiger partial charge on any atom is -0.481 e. The largest absolute Gasteiger partial charge is 0.481 e. The maximum atomic E-state index is 11.5. The number of carbonyl (C=O) groups excluding carboxylic acids is 1. The van der Waals surface area contributed by atoms with Gasteiger partial charge in [0.05, 0.1) is 6.42 Å². The van der Waals surface area contributed by atoms with E-state index >= 15 is 0 Å². The Morgan fingerprint density at radius 1 is 1.39 bits per heavy atom. The van der Waals surface area contributed by atoms with Crippen LogP contribution in [0.2, 0.25) is 0 Å². The van der Waals surface area contributed by atoms with Crippen LogP contribution in [0, 0.1) is 6.92 Å². The Bertz CT molecular complexity index is 605. The Hall–Kier alpha value is -2.44. The predicted molar refractivity (Wildman–Crippen MR) is 63.2 cm³/mol. The number of nitrogens with one attached hydrogen (secondary N) is 1. The number of anilines is 1. The molecule has 2 N–H and O–H groups in total. The second kappa shape index (κ2) is 4.82. The number of amides is 1. The van der Waals surface area contributed by atoms with Gasteiger partial charge in [0, 0.05) is 12.6 Å². The van der Waals surface area contributed by atoms with Crippen molar-refractivity contribution in [2.24, 2.45) is 0 Å². The van der Waals surface area contributed by atoms with Crippen molar-refractivity contribution in [3.63, 3.8) is 0 Å². The molecule has 0 unspecified atom stereocenters. The lowest BCUT2D eigenvalue weighted by molar-refractivity contribution is -0.138. The summed E-state index contributed by atoms with van der Waals surface area (Å²) in [5.74, 6) is -1.11. The number of carboxylic acids is 1. The van der Waals surface area contributed by atoms with E-state index in [-0.39, 0.29) is 12.8 Å². The molecule has 0 saturated carbocycles. The normalized spacial score (nSPS) is 10.5. The molecule has 0 radical (unpaired) electrons. The van der Waals surface area contributed by atoms with E-state index in [4.69, 9.17) is 5.11 Å². The van der Waals surface area contributed by atoms with Gasteiger partial charge in [0.1, 0.15) is 0 Å². The molecule has 0 aromatic carbocycles. The van der Waals surface area contributed by atoms with Crippen molar-refractivity contribution in [2.45, 2.75) is 19.8 Å². The summed E-state index contributed by atoms with van der Waals surface area (Å²) in [6, 6.07) is 3.70. The van der Waals surface area contributed by atoms with Crippen LogP contribution in [-0.2, 0) is 9.59 Å². The van der Waals surface area contributed by atoms with E-state index in [1.807, 2.05) is 19.1 Å². The minimum absolute atomic E-state index is 0.0872. The first-order valence-corrected chi connectivity index (χ1v) is 5.39. The number of carbonyl (C=O) groups is 2. The molecule has 2 heterocycles. The Labute approximate surface area is 102 Å². The molecule has 2 aromatic rings. The van der Waals surface area contributed by atoms with Gasteiger partial charge in [0.25, 0.3) is 0 Å². The van der Waals surface area contributed by atoms with Gasteiger partial charge in [0.2, 0.25) is 11.9 Å². The van der Waals surface area contributed by atoms with Gasteiger partial charge in [-0.05, 0) is 24.6 Å². The molecule has 0 aliphatic heterocycles. The zero-order valence-electron chi connectivity index (χ0n) is 9.75. The van der Waals surface area contributed by atoms with Crippen molar-refractivity contribution < 1.29 is 14.7 Å². The highest BCUT2D eigenvalue weighted by Gasteiger charge is 2.10. The molecule has 7 nitrogen and oxygen atoms in total. The SMILES string of the molecule is Cc1ccn2c(NC(=O)CCC(=O)O)nnc2c1. The van der Waals surface area contributed by atoms with Gasteiger partial charge >= 0.3 is 5.97 Å². The number of aliphatic carboxylic acids is 1. The number of fused-ring (bicyclic) bond motifs is 1. The number of aromatic nitrogens is 3. The van der Waals surface area contributed by atoms with Gasteiger partial charge in [-0.3, -0.25) is 19.3 Å². The van der Waals surface area contributed by atoms with Crippen molar-refractivity contribution in [2.75, 3.05) is 5.32 Å². The molecule has 0 atom stereocenters. The smallest absolute Gasteiger partial charge is 0.303 e. The zero-order valence-corrected chi connectivity index (χ0v) is 9.75. The Morgan fingerprint density at radius 2 is 2.17 bits per heavy atom. The highest BCUT2D eigenvalue weighted by atomic mass is 16.4. The minimum atomic E-state index is -1.01. The molecule has 94 valence electrons. The fourth-order valence-corrected chi connectivity index (χ4v) is 1.49. The van der Waals surface area contributed by atoms with Crippen LogP contribution in [0.15, 0.2) is 18.3 Å². The Balaban J connectivity index is 2.12. The van der Waals surface area contributed by atoms with E-state index in [9.17, 15) is 9.59 Å². The van der Waals surface area contributed by atoms with Crippen LogP contribution in [0.3, 0.4) is 0 Å². The Kier molecular flexibility index (Phi) is 3.22. The van der Waals surface area contributed by atoms with Gasteiger partial charge in [-0.2, -0.15) is 0 Å². The number of pyridine rings is 1. The molecule has 2 rings (SSSR count). The first-order valence-electron chi connectivity index (χ1n) is 5.39. The van der Waals surface area contributed by atoms with E-state index < -0.39 is 11.9 Å². The van der Waals surface area contributed by atoms with E-state index in [0.29, 0.717) is 11.6 Å². The third-order valence-corrected chi connectivity index (χ3v) is 2.38. The van der Waals surface area contributed by atoms with E-state index in [1.165, 1.54) is 0 Å². The summed E-state index contributed by atoms with van der Waals surface area (Å²) in [6.45, 7) is 1.93. The molecule has 0 spiro atoms. The van der Waals surface area contributed by atoms with Crippen molar-refractivity contribution >= 4 is 23.5 Å². The fraction of sp³-hybridized carbons (Fsp3) is 0.273. The molecule has 18 heavy (non-hydrogen) atoms. The first kappa shape index (κ1) is 12.0. The number of carboxylic acid groups (broad SMARTS) is 1. The van der Waals surface area contributed by atoms with E-state index in [1.54, 1.807) is 10.6 Å². The molecule has 0 aliphatic carbocycles. The molecular weight excluding hydrogens is 236 g/mol. The molecular formula is C11H12N4O3. The molecule has 1 amide bonds. The van der Waals surface area contributed by atoms with Crippen molar-refractivity contribution in [1.29, 1.82) is 0 Å². The van der Waals surface area contributed by atoms with Gasteiger partial charge in [-0.1, -0.05) is 0 Å². The average molecular weight is 248 g/mol. The molecule has 2 aromatic heterocycles. The third-order valence-electron chi connectivity index (χ3n) is 2.38. The summed E-state index contributed by atoms with van der Waals surface area (Å²) in [4.78, 5) is 21.8. The van der Waals surface area contributed by atoms with Crippen LogP contribution in [-0.4, -0.2) is 31.6 Å². The average Bonchev–Trinajstić information content (AvgIpc) is 2.69. The lowest BCUT2D eigenvalue weighted by Gasteiger charge is -2.02. The lowest BCUT2D eigenvalue weighted by atomic mass is 10.3. The topological polar surface area (TPSA) is 96.6 Å². The van der Waals surface area contributed by atoms with Crippen LogP contribution in [0.25, 0.3) is 5.65 Å². The van der Waals surface area contributed by atoms with Crippen LogP contribution >= 0.6 is 0 Å². The number of hydrogen-bond donors (Lipinski definition) is 2. The van der Waals surface area contributed by atoms with Crippen molar-refractivity contribution in [3.8, 4) is 0 Å². The maximum absolute atomic E-state index is 11.5. The summed E-state index contributed by atoms with van der Waals surface area (Å²) in [6.07, 6.45) is 1.45. The highest BCUT2D eigenvalue weighted by molar-refractivity contribution is 5.91. The molecule has 0 fully saturated rings. The number of hydrogen-bond acceptors (Lipinski definition) is 4. The van der Waals surface area contributed by atoms with Gasteiger partial charge in [0.15, 0.2) is 5.65 Å². The molecule has 0 bridgehead atoms. The van der Waals surface area contributed by atoms with E-state index in [0.717, 1.165) is 5.56 Å². The van der Waals surface area contributed by atoms with Gasteiger partial charge in [-0.15, -0.1) is 10.2 Å². The summed E-state index contributed by atoms with van der Waals surface area (Å²) < 4.78 is 1.63. The first-order chi connectivity index (χ1) is 8.56. The van der Waals surface area contributed by atoms with Crippen LogP contribution in [0.4, 0.5) is 5.95 Å². The summed E-state index contributed by atoms with van der Waals surface area (Å²) >= 11 is 0. The van der Waals surface area contributed by atoms with Gasteiger partial charge < -0.3 is 5.11 Å². The maximum Gasteiger partial charge on any atom is 0.303 e. The Morgan fingerprint density at radius 3 is 2.89 bits per heavy atom. The van der Waals surface area contributed by atoms with Gasteiger partial charge in [-0.25, -0.2) is 0 Å². The molecule has 7 heteroatoms. The summed E-state index contributed by atoms with van der Waals surface area (Å²) in [5, 5.41) is 18.8. The lowest BCUT2D eigenvalue weighted by Crippen LogP contribution is -2.15. The second-order valence-corrected chi connectivity index (χ2v) is 3.90. The second-order valence-electron chi connectivity index (χ2n) is 3.90. The number of nitrogens with zero attached hydrogens (tertiary/aromatic N) is 3. The summed E-state index contributed by atoms with van der Waals surface area (Å²) in [5.41, 5.74) is 1.67. The zero-order chi connectivity index (χ0) is 13.1. The third kappa shape index (κ3) is 2.62. The molecule has 0 saturated heterocycles. The number of rotatable bonds is 4. The summed E-state index contributed by atoms with van der Waals surface area (Å²) in [7, 11) is 0. The predicted octanol–water partition coefficient (Wildman–Crippen LogP) is 0.841. The van der Waals surface area contributed by atoms with Crippen LogP contribution in [0.5, 0.6) is 0 Å². The number of aryl methyl sites for hydroxylation is 1. The van der Waals surface area contributed by atoms with Crippen molar-refractivity contribution in [3.05, 3.63) is 23.9 Å². The monoisotopic (exact) mass is 248 g/mol. The van der Waals surface area contributed by atoms with Crippen LogP contribution in [0.1, 0.15) is 18.4 Å².